The summed E-state index contributed by atoms with van der Waals surface area (Å²) in [6.45, 7) is 4.87. The predicted molar refractivity (Wildman–Crippen MR) is 48.5 cm³/mol. The minimum Gasteiger partial charge on any atom is -0.0599 e. The highest BCUT2D eigenvalue weighted by Crippen LogP contribution is 2.49. The first-order chi connectivity index (χ1) is 5.17. The molecule has 64 valence electrons. The minimum absolute atomic E-state index is 0.681. The molecule has 0 aromatic heterocycles. The average molecular weight is 152 g/mol. The van der Waals surface area contributed by atoms with Crippen molar-refractivity contribution in [3.05, 3.63) is 0 Å². The molecule has 0 spiro atoms. The van der Waals surface area contributed by atoms with Gasteiger partial charge in [0.05, 0.1) is 0 Å². The zero-order chi connectivity index (χ0) is 7.90. The van der Waals surface area contributed by atoms with Crippen LogP contribution >= 0.6 is 0 Å². The molecular weight excluding hydrogens is 132 g/mol. The summed E-state index contributed by atoms with van der Waals surface area (Å²) in [4.78, 5) is 0. The summed E-state index contributed by atoms with van der Waals surface area (Å²) in [6, 6.07) is 0. The quantitative estimate of drug-likeness (QED) is 0.538. The smallest absolute Gasteiger partial charge is 0.0351 e. The van der Waals surface area contributed by atoms with E-state index in [9.17, 15) is 0 Å². The van der Waals surface area contributed by atoms with E-state index in [1.165, 1.54) is 25.7 Å². The number of hydrogen-bond acceptors (Lipinski definition) is 0. The molecule has 0 heterocycles. The highest BCUT2D eigenvalue weighted by atomic mass is 14.4. The van der Waals surface area contributed by atoms with E-state index >= 15 is 0 Å². The van der Waals surface area contributed by atoms with Crippen LogP contribution in [-0.4, -0.2) is 0 Å². The monoisotopic (exact) mass is 152 g/mol. The van der Waals surface area contributed by atoms with Gasteiger partial charge >= 0.3 is 0 Å². The second-order valence-corrected chi connectivity index (χ2v) is 5.36. The molecule has 0 saturated heterocycles. The molecule has 2 aliphatic carbocycles. The van der Waals surface area contributed by atoms with Crippen molar-refractivity contribution in [1.82, 2.24) is 0 Å². The van der Waals surface area contributed by atoms with E-state index in [0.717, 1.165) is 11.8 Å². The highest BCUT2D eigenvalue weighted by molar-refractivity contribution is 4.88. The molecule has 1 atom stereocenters. The maximum Gasteiger partial charge on any atom is -0.0351 e. The van der Waals surface area contributed by atoms with Crippen molar-refractivity contribution < 1.29 is 0 Å². The molecule has 2 fully saturated rings. The van der Waals surface area contributed by atoms with Gasteiger partial charge in [0.1, 0.15) is 0 Å². The van der Waals surface area contributed by atoms with E-state index in [-0.39, 0.29) is 0 Å². The summed E-state index contributed by atoms with van der Waals surface area (Å²) in [7, 11) is 0. The minimum atomic E-state index is 0.681. The van der Waals surface area contributed by atoms with Gasteiger partial charge in [0, 0.05) is 0 Å². The summed E-state index contributed by atoms with van der Waals surface area (Å²) in [6.07, 6.45) is 9.12. The van der Waals surface area contributed by atoms with E-state index in [2.05, 4.69) is 13.8 Å². The fourth-order valence-corrected chi connectivity index (χ4v) is 2.80. The van der Waals surface area contributed by atoms with Gasteiger partial charge in [0.2, 0.25) is 0 Å². The first kappa shape index (κ1) is 7.64. The zero-order valence-corrected chi connectivity index (χ0v) is 7.90. The van der Waals surface area contributed by atoms with Crippen LogP contribution in [0.15, 0.2) is 0 Å². The Bertz CT molecular complexity index is 142. The molecular formula is C11H20. The zero-order valence-electron chi connectivity index (χ0n) is 7.90. The van der Waals surface area contributed by atoms with Crippen LogP contribution in [0.25, 0.3) is 0 Å². The maximum atomic E-state index is 2.44. The SMILES string of the molecule is CC1(C)CCC(C2CCC2)C1. The lowest BCUT2D eigenvalue weighted by molar-refractivity contribution is 0.195. The lowest BCUT2D eigenvalue weighted by Gasteiger charge is -2.32. The van der Waals surface area contributed by atoms with E-state index in [1.54, 1.807) is 12.8 Å². The van der Waals surface area contributed by atoms with E-state index in [1.807, 2.05) is 0 Å². The van der Waals surface area contributed by atoms with Crippen molar-refractivity contribution in [1.29, 1.82) is 0 Å². The van der Waals surface area contributed by atoms with Crippen molar-refractivity contribution in [3.8, 4) is 0 Å². The van der Waals surface area contributed by atoms with Crippen molar-refractivity contribution in [2.75, 3.05) is 0 Å². The lowest BCUT2D eigenvalue weighted by atomic mass is 9.74. The first-order valence-electron chi connectivity index (χ1n) is 5.17. The number of rotatable bonds is 1. The average Bonchev–Trinajstić information content (AvgIpc) is 2.05. The summed E-state index contributed by atoms with van der Waals surface area (Å²) in [5.74, 6) is 2.25. The normalized spacial score (nSPS) is 37.1. The Kier molecular flexibility index (Phi) is 1.74. The van der Waals surface area contributed by atoms with Crippen molar-refractivity contribution >= 4 is 0 Å². The van der Waals surface area contributed by atoms with Gasteiger partial charge < -0.3 is 0 Å². The van der Waals surface area contributed by atoms with Crippen LogP contribution in [0.5, 0.6) is 0 Å². The van der Waals surface area contributed by atoms with Crippen LogP contribution in [-0.2, 0) is 0 Å². The standard InChI is InChI=1S/C11H20/c1-11(2)7-6-10(8-11)9-4-3-5-9/h9-10H,3-8H2,1-2H3. The van der Waals surface area contributed by atoms with Gasteiger partial charge in [-0.05, 0) is 36.5 Å². The van der Waals surface area contributed by atoms with Gasteiger partial charge in [-0.25, -0.2) is 0 Å². The molecule has 0 heteroatoms. The van der Waals surface area contributed by atoms with Crippen molar-refractivity contribution in [2.45, 2.75) is 52.4 Å². The molecule has 0 amide bonds. The van der Waals surface area contributed by atoms with E-state index in [0.29, 0.717) is 5.41 Å². The molecule has 0 N–H and O–H groups in total. The molecule has 2 aliphatic rings. The fourth-order valence-electron chi connectivity index (χ4n) is 2.80. The molecule has 0 aromatic rings. The van der Waals surface area contributed by atoms with Crippen molar-refractivity contribution in [2.24, 2.45) is 17.3 Å². The molecule has 11 heavy (non-hydrogen) atoms. The molecule has 2 saturated carbocycles. The largest absolute Gasteiger partial charge is 0.0599 e. The second-order valence-electron chi connectivity index (χ2n) is 5.36. The molecule has 2 rings (SSSR count). The van der Waals surface area contributed by atoms with Gasteiger partial charge in [0.15, 0.2) is 0 Å². The topological polar surface area (TPSA) is 0 Å². The third-order valence-electron chi connectivity index (χ3n) is 3.82. The Hall–Kier alpha value is 0. The van der Waals surface area contributed by atoms with Gasteiger partial charge in [-0.2, -0.15) is 0 Å². The Labute approximate surface area is 70.4 Å². The Morgan fingerprint density at radius 1 is 1.00 bits per heavy atom. The van der Waals surface area contributed by atoms with Crippen LogP contribution in [0.1, 0.15) is 52.4 Å². The van der Waals surface area contributed by atoms with Crippen molar-refractivity contribution in [3.63, 3.8) is 0 Å². The molecule has 0 radical (unpaired) electrons. The first-order valence-corrected chi connectivity index (χ1v) is 5.17. The van der Waals surface area contributed by atoms with Gasteiger partial charge in [-0.15, -0.1) is 0 Å². The molecule has 0 aliphatic heterocycles. The van der Waals surface area contributed by atoms with Crippen LogP contribution in [0, 0.1) is 17.3 Å². The lowest BCUT2D eigenvalue weighted by Crippen LogP contribution is -2.20. The summed E-state index contributed by atoms with van der Waals surface area (Å²) in [5.41, 5.74) is 0.681. The van der Waals surface area contributed by atoms with Gasteiger partial charge in [-0.1, -0.05) is 33.1 Å². The Morgan fingerprint density at radius 3 is 2.09 bits per heavy atom. The van der Waals surface area contributed by atoms with Gasteiger partial charge in [0.25, 0.3) is 0 Å². The van der Waals surface area contributed by atoms with E-state index in [4.69, 9.17) is 0 Å². The summed E-state index contributed by atoms with van der Waals surface area (Å²) in [5, 5.41) is 0. The summed E-state index contributed by atoms with van der Waals surface area (Å²) >= 11 is 0. The van der Waals surface area contributed by atoms with Crippen LogP contribution in [0.2, 0.25) is 0 Å². The highest BCUT2D eigenvalue weighted by Gasteiger charge is 2.37. The second kappa shape index (κ2) is 2.50. The van der Waals surface area contributed by atoms with Crippen LogP contribution < -0.4 is 0 Å². The molecule has 0 bridgehead atoms. The van der Waals surface area contributed by atoms with E-state index < -0.39 is 0 Å². The molecule has 0 aromatic carbocycles. The summed E-state index contributed by atoms with van der Waals surface area (Å²) < 4.78 is 0. The Balaban J connectivity index is 1.88. The van der Waals surface area contributed by atoms with Crippen LogP contribution in [0.4, 0.5) is 0 Å². The van der Waals surface area contributed by atoms with Crippen LogP contribution in [0.3, 0.4) is 0 Å². The van der Waals surface area contributed by atoms with Gasteiger partial charge in [-0.3, -0.25) is 0 Å². The maximum absolute atomic E-state index is 2.44. The predicted octanol–water partition coefficient (Wildman–Crippen LogP) is 3.61. The Morgan fingerprint density at radius 2 is 1.73 bits per heavy atom. The third kappa shape index (κ3) is 1.45. The number of hydrogen-bond donors (Lipinski definition) is 0. The molecule has 0 nitrogen and oxygen atoms in total. The fraction of sp³-hybridized carbons (Fsp3) is 1.00. The third-order valence-corrected chi connectivity index (χ3v) is 3.82. The molecule has 1 unspecified atom stereocenters.